The first-order chi connectivity index (χ1) is 6.38. The zero-order valence-corrected chi connectivity index (χ0v) is 7.40. The van der Waals surface area contributed by atoms with E-state index in [0.29, 0.717) is 12.1 Å². The van der Waals surface area contributed by atoms with Gasteiger partial charge in [-0.2, -0.15) is 10.4 Å². The highest BCUT2D eigenvalue weighted by atomic mass is 32.1. The molecule has 13 heavy (non-hydrogen) atoms. The molecule has 0 saturated heterocycles. The molecule has 0 bridgehead atoms. The Bertz CT molecular complexity index is 424. The van der Waals surface area contributed by atoms with Crippen LogP contribution in [0.15, 0.2) is 18.6 Å². The highest BCUT2D eigenvalue weighted by molar-refractivity contribution is 7.05. The maximum Gasteiger partial charge on any atom is 0.102 e. The van der Waals surface area contributed by atoms with Crippen LogP contribution in [-0.2, 0) is 6.54 Å². The second kappa shape index (κ2) is 3.33. The summed E-state index contributed by atoms with van der Waals surface area (Å²) in [5.41, 5.74) is 0.567. The maximum atomic E-state index is 8.55. The standard InChI is InChI=1S/C7H5N5S/c8-1-6-2-10-12(4-6)5-7-3-9-11-13-7/h2-4H,5H2. The summed E-state index contributed by atoms with van der Waals surface area (Å²) in [6, 6.07) is 2.02. The number of hydrogen-bond acceptors (Lipinski definition) is 5. The zero-order valence-electron chi connectivity index (χ0n) is 6.58. The fourth-order valence-corrected chi connectivity index (χ4v) is 1.41. The summed E-state index contributed by atoms with van der Waals surface area (Å²) in [7, 11) is 0. The quantitative estimate of drug-likeness (QED) is 0.699. The van der Waals surface area contributed by atoms with E-state index in [9.17, 15) is 0 Å². The van der Waals surface area contributed by atoms with Crippen LogP contribution < -0.4 is 0 Å². The largest absolute Gasteiger partial charge is 0.266 e. The van der Waals surface area contributed by atoms with E-state index in [-0.39, 0.29) is 0 Å². The number of aromatic nitrogens is 4. The van der Waals surface area contributed by atoms with Crippen molar-refractivity contribution in [3.05, 3.63) is 29.0 Å². The van der Waals surface area contributed by atoms with E-state index in [1.54, 1.807) is 17.1 Å². The van der Waals surface area contributed by atoms with Crippen molar-refractivity contribution in [3.8, 4) is 6.07 Å². The Morgan fingerprint density at radius 2 is 2.46 bits per heavy atom. The molecule has 0 spiro atoms. The van der Waals surface area contributed by atoms with Gasteiger partial charge in [-0.3, -0.25) is 4.68 Å². The molecule has 2 heterocycles. The third-order valence-electron chi connectivity index (χ3n) is 1.49. The van der Waals surface area contributed by atoms with Gasteiger partial charge in [-0.05, 0) is 11.5 Å². The monoisotopic (exact) mass is 191 g/mol. The number of nitrogens with zero attached hydrogens (tertiary/aromatic N) is 5. The molecule has 0 amide bonds. The van der Waals surface area contributed by atoms with Crippen LogP contribution in [0.3, 0.4) is 0 Å². The van der Waals surface area contributed by atoms with Crippen molar-refractivity contribution in [2.75, 3.05) is 0 Å². The van der Waals surface area contributed by atoms with Gasteiger partial charge in [0.2, 0.25) is 0 Å². The average Bonchev–Trinajstić information content (AvgIpc) is 2.76. The number of nitriles is 1. The van der Waals surface area contributed by atoms with Crippen LogP contribution in [0.4, 0.5) is 0 Å². The Balaban J connectivity index is 2.15. The van der Waals surface area contributed by atoms with Gasteiger partial charge in [0.25, 0.3) is 0 Å². The van der Waals surface area contributed by atoms with Gasteiger partial charge in [0.1, 0.15) is 6.07 Å². The molecule has 2 aromatic rings. The summed E-state index contributed by atoms with van der Waals surface area (Å²) in [6.45, 7) is 0.624. The Morgan fingerprint density at radius 1 is 1.54 bits per heavy atom. The molecule has 0 atom stereocenters. The molecule has 6 heteroatoms. The second-order valence-electron chi connectivity index (χ2n) is 2.42. The molecule has 2 rings (SSSR count). The highest BCUT2D eigenvalue weighted by Gasteiger charge is 2.00. The molecule has 0 aliphatic rings. The van der Waals surface area contributed by atoms with Crippen LogP contribution in [0.1, 0.15) is 10.4 Å². The molecule has 0 radical (unpaired) electrons. The van der Waals surface area contributed by atoms with Gasteiger partial charge in [0, 0.05) is 6.20 Å². The van der Waals surface area contributed by atoms with Crippen molar-refractivity contribution < 1.29 is 0 Å². The van der Waals surface area contributed by atoms with Gasteiger partial charge in [-0.25, -0.2) is 0 Å². The lowest BCUT2D eigenvalue weighted by molar-refractivity contribution is 0.693. The minimum absolute atomic E-state index is 0.567. The summed E-state index contributed by atoms with van der Waals surface area (Å²) in [6.07, 6.45) is 4.92. The molecule has 5 nitrogen and oxygen atoms in total. The molecule has 0 aromatic carbocycles. The summed E-state index contributed by atoms with van der Waals surface area (Å²) in [5, 5.41) is 16.3. The van der Waals surface area contributed by atoms with Gasteiger partial charge in [-0.1, -0.05) is 4.49 Å². The van der Waals surface area contributed by atoms with Gasteiger partial charge in [0.05, 0.1) is 29.4 Å². The SMILES string of the molecule is N#Cc1cnn(Cc2cnns2)c1. The van der Waals surface area contributed by atoms with Crippen LogP contribution in [0.2, 0.25) is 0 Å². The van der Waals surface area contributed by atoms with Crippen molar-refractivity contribution >= 4 is 11.5 Å². The predicted octanol–water partition coefficient (Wildman–Crippen LogP) is 0.655. The lowest BCUT2D eigenvalue weighted by atomic mass is 10.4. The van der Waals surface area contributed by atoms with Crippen molar-refractivity contribution in [2.45, 2.75) is 6.54 Å². The fourth-order valence-electron chi connectivity index (χ4n) is 0.925. The van der Waals surface area contributed by atoms with Crippen LogP contribution in [-0.4, -0.2) is 19.4 Å². The maximum absolute atomic E-state index is 8.55. The molecule has 0 N–H and O–H groups in total. The third kappa shape index (κ3) is 1.71. The second-order valence-corrected chi connectivity index (χ2v) is 3.29. The first kappa shape index (κ1) is 7.89. The van der Waals surface area contributed by atoms with Gasteiger partial charge >= 0.3 is 0 Å². The Labute approximate surface area is 78.4 Å². The van der Waals surface area contributed by atoms with Crippen LogP contribution in [0, 0.1) is 11.3 Å². The first-order valence-corrected chi connectivity index (χ1v) is 4.34. The molecular weight excluding hydrogens is 186 g/mol. The zero-order chi connectivity index (χ0) is 9.10. The van der Waals surface area contributed by atoms with Crippen LogP contribution in [0.5, 0.6) is 0 Å². The minimum atomic E-state index is 0.567. The topological polar surface area (TPSA) is 67.4 Å². The Kier molecular flexibility index (Phi) is 2.02. The summed E-state index contributed by atoms with van der Waals surface area (Å²) >= 11 is 1.33. The highest BCUT2D eigenvalue weighted by Crippen LogP contribution is 2.05. The van der Waals surface area contributed by atoms with E-state index >= 15 is 0 Å². The van der Waals surface area contributed by atoms with Gasteiger partial charge in [-0.15, -0.1) is 5.10 Å². The van der Waals surface area contributed by atoms with Gasteiger partial charge in [0.15, 0.2) is 0 Å². The van der Waals surface area contributed by atoms with Crippen molar-refractivity contribution in [2.24, 2.45) is 0 Å². The molecule has 0 saturated carbocycles. The molecule has 0 fully saturated rings. The van der Waals surface area contributed by atoms with Crippen molar-refractivity contribution in [1.82, 2.24) is 19.4 Å². The number of rotatable bonds is 2. The van der Waals surface area contributed by atoms with Gasteiger partial charge < -0.3 is 0 Å². The molecule has 0 unspecified atom stereocenters. The molecule has 64 valence electrons. The Hall–Kier alpha value is -1.74. The molecule has 2 aromatic heterocycles. The van der Waals surface area contributed by atoms with E-state index < -0.39 is 0 Å². The fraction of sp³-hybridized carbons (Fsp3) is 0.143. The van der Waals surface area contributed by atoms with Crippen LogP contribution in [0.25, 0.3) is 0 Å². The summed E-state index contributed by atoms with van der Waals surface area (Å²) in [5.74, 6) is 0. The first-order valence-electron chi connectivity index (χ1n) is 3.57. The summed E-state index contributed by atoms with van der Waals surface area (Å²) < 4.78 is 5.42. The predicted molar refractivity (Wildman–Crippen MR) is 46.0 cm³/mol. The van der Waals surface area contributed by atoms with E-state index in [0.717, 1.165) is 4.88 Å². The smallest absolute Gasteiger partial charge is 0.102 e. The Morgan fingerprint density at radius 3 is 3.08 bits per heavy atom. The lowest BCUT2D eigenvalue weighted by Crippen LogP contribution is -1.97. The number of hydrogen-bond donors (Lipinski definition) is 0. The minimum Gasteiger partial charge on any atom is -0.266 e. The van der Waals surface area contributed by atoms with Crippen molar-refractivity contribution in [3.63, 3.8) is 0 Å². The third-order valence-corrected chi connectivity index (χ3v) is 2.13. The average molecular weight is 191 g/mol. The van der Waals surface area contributed by atoms with Crippen molar-refractivity contribution in [1.29, 1.82) is 5.26 Å². The van der Waals surface area contributed by atoms with E-state index in [4.69, 9.17) is 5.26 Å². The van der Waals surface area contributed by atoms with E-state index in [2.05, 4.69) is 14.7 Å². The molecular formula is C7H5N5S. The van der Waals surface area contributed by atoms with E-state index in [1.807, 2.05) is 6.07 Å². The summed E-state index contributed by atoms with van der Waals surface area (Å²) in [4.78, 5) is 1.02. The normalized spacial score (nSPS) is 9.77. The van der Waals surface area contributed by atoms with E-state index in [1.165, 1.54) is 17.7 Å². The lowest BCUT2D eigenvalue weighted by Gasteiger charge is -1.93. The molecule has 0 aliphatic carbocycles. The van der Waals surface area contributed by atoms with Crippen LogP contribution >= 0.6 is 11.5 Å². The molecule has 0 aliphatic heterocycles.